The fourth-order valence-corrected chi connectivity index (χ4v) is 3.90. The molecule has 3 aromatic rings. The van der Waals surface area contributed by atoms with Crippen LogP contribution in [0.15, 0.2) is 61.2 Å². The monoisotopic (exact) mass is 493 g/mol. The molecule has 0 radical (unpaired) electrons. The van der Waals surface area contributed by atoms with Crippen LogP contribution < -0.4 is 21.2 Å². The molecule has 12 heteroatoms. The van der Waals surface area contributed by atoms with Gasteiger partial charge in [0.15, 0.2) is 5.75 Å². The Morgan fingerprint density at radius 3 is 2.82 bits per heavy atom. The van der Waals surface area contributed by atoms with Crippen molar-refractivity contribution in [3.8, 4) is 11.5 Å². The lowest BCUT2D eigenvalue weighted by atomic mass is 10.1. The van der Waals surface area contributed by atoms with E-state index in [1.54, 1.807) is 61.2 Å². The molecule has 1 aliphatic rings. The number of primary amides is 1. The third kappa shape index (κ3) is 5.49. The second-order valence-corrected chi connectivity index (χ2v) is 8.05. The molecule has 4 N–H and O–H groups in total. The molecule has 4 rings (SSSR count). The summed E-state index contributed by atoms with van der Waals surface area (Å²) in [6, 6.07) is 10.8. The quantitative estimate of drug-likeness (QED) is 0.280. The molecule has 0 bridgehead atoms. The van der Waals surface area contributed by atoms with E-state index >= 15 is 0 Å². The highest BCUT2D eigenvalue weighted by molar-refractivity contribution is 6.35. The molecule has 2 aromatic carbocycles. The van der Waals surface area contributed by atoms with Crippen molar-refractivity contribution in [2.24, 2.45) is 11.6 Å². The maximum Gasteiger partial charge on any atom is 0.363 e. The second-order valence-electron chi connectivity index (χ2n) is 7.20. The van der Waals surface area contributed by atoms with Crippen LogP contribution in [-0.4, -0.2) is 40.1 Å². The summed E-state index contributed by atoms with van der Waals surface area (Å²) in [6.07, 6.45) is 4.74. The zero-order chi connectivity index (χ0) is 23.4. The minimum absolute atomic E-state index is 0.183. The van der Waals surface area contributed by atoms with Crippen molar-refractivity contribution in [3.63, 3.8) is 0 Å². The first kappa shape index (κ1) is 23.1. The number of ether oxygens (including phenoxy) is 3. The van der Waals surface area contributed by atoms with E-state index in [-0.39, 0.29) is 19.0 Å². The molecule has 0 aliphatic carbocycles. The Balaban J connectivity index is 1.47. The highest BCUT2D eigenvalue weighted by Crippen LogP contribution is 2.40. The summed E-state index contributed by atoms with van der Waals surface area (Å²) in [4.78, 5) is 20.2. The number of imidazole rings is 1. The number of rotatable bonds is 8. The van der Waals surface area contributed by atoms with Gasteiger partial charge in [-0.15, -0.1) is 0 Å². The number of amides is 2. The van der Waals surface area contributed by atoms with Crippen molar-refractivity contribution in [1.82, 2.24) is 14.7 Å². The minimum atomic E-state index is -1.15. The third-order valence-corrected chi connectivity index (χ3v) is 5.36. The van der Waals surface area contributed by atoms with Crippen LogP contribution in [0.3, 0.4) is 0 Å². The van der Waals surface area contributed by atoms with E-state index in [1.165, 1.54) is 0 Å². The molecule has 174 valence electrons. The van der Waals surface area contributed by atoms with Gasteiger partial charge in [0.1, 0.15) is 18.5 Å². The molecule has 0 saturated carbocycles. The Morgan fingerprint density at radius 2 is 2.09 bits per heavy atom. The Bertz CT molecular complexity index is 1120. The Morgan fingerprint density at radius 1 is 1.27 bits per heavy atom. The van der Waals surface area contributed by atoms with Gasteiger partial charge in [0.25, 0.3) is 0 Å². The summed E-state index contributed by atoms with van der Waals surface area (Å²) < 4.78 is 20.2. The predicted octanol–water partition coefficient (Wildman–Crippen LogP) is 3.09. The van der Waals surface area contributed by atoms with Crippen LogP contribution in [0.5, 0.6) is 11.5 Å². The number of urea groups is 1. The number of carbonyl (C=O) groups is 1. The molecule has 2 heterocycles. The van der Waals surface area contributed by atoms with E-state index in [9.17, 15) is 4.79 Å². The average Bonchev–Trinajstić information content (AvgIpc) is 3.43. The molecule has 2 amide bonds. The smallest absolute Gasteiger partial charge is 0.363 e. The first-order valence-corrected chi connectivity index (χ1v) is 10.6. The number of carbonyl (C=O) groups excluding carboxylic acids is 1. The standard InChI is InChI=1S/C21H21Cl2N5O5/c22-14-4-5-18(19(23)8-14)21(12-27-7-6-26-13-27)31-11-17(32-21)10-30-15-2-1-3-16(9-15)33-28(25)20(24)29/h1-9,13,17H,10-12,25H2,(H2,24,29). The van der Waals surface area contributed by atoms with Crippen LogP contribution in [0.25, 0.3) is 0 Å². The van der Waals surface area contributed by atoms with E-state index < -0.39 is 17.9 Å². The average molecular weight is 494 g/mol. The first-order valence-electron chi connectivity index (χ1n) is 9.83. The number of hydrogen-bond donors (Lipinski definition) is 2. The summed E-state index contributed by atoms with van der Waals surface area (Å²) in [6.45, 7) is 0.776. The zero-order valence-electron chi connectivity index (χ0n) is 17.3. The second kappa shape index (κ2) is 9.86. The zero-order valence-corrected chi connectivity index (χ0v) is 18.8. The van der Waals surface area contributed by atoms with Gasteiger partial charge in [-0.05, 0) is 24.3 Å². The van der Waals surface area contributed by atoms with Gasteiger partial charge in [-0.25, -0.2) is 15.6 Å². The molecule has 2 unspecified atom stereocenters. The minimum Gasteiger partial charge on any atom is -0.491 e. The van der Waals surface area contributed by atoms with Gasteiger partial charge < -0.3 is 29.3 Å². The van der Waals surface area contributed by atoms with Gasteiger partial charge in [0.2, 0.25) is 5.79 Å². The van der Waals surface area contributed by atoms with Crippen molar-refractivity contribution in [2.45, 2.75) is 18.4 Å². The molecular formula is C21H21Cl2N5O5. The third-order valence-electron chi connectivity index (χ3n) is 4.81. The lowest BCUT2D eigenvalue weighted by Crippen LogP contribution is -2.43. The van der Waals surface area contributed by atoms with Crippen molar-refractivity contribution >= 4 is 29.2 Å². The number of nitrogens with two attached hydrogens (primary N) is 2. The molecule has 10 nitrogen and oxygen atoms in total. The molecule has 1 aliphatic heterocycles. The normalized spacial score (nSPS) is 19.9. The van der Waals surface area contributed by atoms with Crippen molar-refractivity contribution < 1.29 is 23.8 Å². The molecule has 0 spiro atoms. The summed E-state index contributed by atoms with van der Waals surface area (Å²) in [5, 5.41) is 1.36. The number of hydroxylamine groups is 1. The molecule has 33 heavy (non-hydrogen) atoms. The topological polar surface area (TPSA) is 127 Å². The fraction of sp³-hybridized carbons (Fsp3) is 0.238. The number of benzene rings is 2. The Hall–Kier alpha value is -3.02. The largest absolute Gasteiger partial charge is 0.491 e. The van der Waals surface area contributed by atoms with E-state index in [1.807, 2.05) is 4.57 Å². The van der Waals surface area contributed by atoms with Gasteiger partial charge in [-0.1, -0.05) is 40.5 Å². The molecule has 2 atom stereocenters. The maximum absolute atomic E-state index is 11.0. The van der Waals surface area contributed by atoms with Gasteiger partial charge in [-0.3, -0.25) is 0 Å². The summed E-state index contributed by atoms with van der Waals surface area (Å²) in [5.41, 5.74) is 5.70. The van der Waals surface area contributed by atoms with Crippen LogP contribution in [-0.2, 0) is 21.8 Å². The van der Waals surface area contributed by atoms with Gasteiger partial charge in [-0.2, -0.15) is 0 Å². The lowest BCUT2D eigenvalue weighted by Gasteiger charge is -2.30. The highest BCUT2D eigenvalue weighted by Gasteiger charge is 2.45. The number of halogens is 2. The number of nitrogens with zero attached hydrogens (tertiary/aromatic N) is 3. The molecule has 1 aromatic heterocycles. The molecular weight excluding hydrogens is 473 g/mol. The summed E-state index contributed by atoms with van der Waals surface area (Å²) >= 11 is 12.6. The van der Waals surface area contributed by atoms with E-state index in [2.05, 4.69) is 4.98 Å². The van der Waals surface area contributed by atoms with Crippen LogP contribution in [0, 0.1) is 0 Å². The summed E-state index contributed by atoms with van der Waals surface area (Å²) in [7, 11) is 0. The first-order chi connectivity index (χ1) is 15.8. The van der Waals surface area contributed by atoms with Crippen molar-refractivity contribution in [3.05, 3.63) is 76.8 Å². The van der Waals surface area contributed by atoms with Crippen molar-refractivity contribution in [2.75, 3.05) is 13.2 Å². The SMILES string of the molecule is NC(=O)N(N)Oc1cccc(OCC2COC(Cn3ccnc3)(c3ccc(Cl)cc3Cl)O2)c1. The Labute approximate surface area is 199 Å². The Kier molecular flexibility index (Phi) is 6.91. The van der Waals surface area contributed by atoms with Crippen LogP contribution >= 0.6 is 23.2 Å². The lowest BCUT2D eigenvalue weighted by molar-refractivity contribution is -0.189. The molecule has 1 saturated heterocycles. The number of aromatic nitrogens is 2. The number of hydrogen-bond acceptors (Lipinski definition) is 7. The fourth-order valence-electron chi connectivity index (χ4n) is 3.34. The van der Waals surface area contributed by atoms with Crippen LogP contribution in [0.4, 0.5) is 4.79 Å². The van der Waals surface area contributed by atoms with Crippen molar-refractivity contribution in [1.29, 1.82) is 0 Å². The van der Waals surface area contributed by atoms with E-state index in [4.69, 9.17) is 53.8 Å². The van der Waals surface area contributed by atoms with Crippen LogP contribution in [0.1, 0.15) is 5.56 Å². The van der Waals surface area contributed by atoms with Crippen LogP contribution in [0.2, 0.25) is 10.0 Å². The summed E-state index contributed by atoms with van der Waals surface area (Å²) in [5.74, 6) is 4.97. The highest BCUT2D eigenvalue weighted by atomic mass is 35.5. The van der Waals surface area contributed by atoms with Gasteiger partial charge in [0, 0.05) is 29.0 Å². The van der Waals surface area contributed by atoms with E-state index in [0.717, 1.165) is 0 Å². The van der Waals surface area contributed by atoms with Gasteiger partial charge >= 0.3 is 6.03 Å². The maximum atomic E-state index is 11.0. The van der Waals surface area contributed by atoms with Gasteiger partial charge in [0.05, 0.1) is 24.5 Å². The number of hydrazine groups is 1. The predicted molar refractivity (Wildman–Crippen MR) is 119 cm³/mol. The molecule has 1 fully saturated rings. The van der Waals surface area contributed by atoms with E-state index in [0.29, 0.717) is 33.1 Å².